The van der Waals surface area contributed by atoms with Crippen molar-refractivity contribution in [3.05, 3.63) is 103 Å². The summed E-state index contributed by atoms with van der Waals surface area (Å²) in [5.74, 6) is 0.424. The van der Waals surface area contributed by atoms with Gasteiger partial charge in [-0.15, -0.1) is 5.10 Å². The van der Waals surface area contributed by atoms with Crippen molar-refractivity contribution in [2.75, 3.05) is 0 Å². The van der Waals surface area contributed by atoms with Crippen LogP contribution in [0.25, 0.3) is 11.0 Å². The number of benzene rings is 1. The van der Waals surface area contributed by atoms with E-state index in [0.717, 1.165) is 5.52 Å². The first-order valence-corrected chi connectivity index (χ1v) is 11.0. The van der Waals surface area contributed by atoms with Gasteiger partial charge in [-0.1, -0.05) is 23.4 Å². The number of hydrogen-bond acceptors (Lipinski definition) is 7. The van der Waals surface area contributed by atoms with Crippen LogP contribution in [0.4, 0.5) is 0 Å². The van der Waals surface area contributed by atoms with Crippen molar-refractivity contribution in [3.63, 3.8) is 0 Å². The predicted molar refractivity (Wildman–Crippen MR) is 124 cm³/mol. The zero-order valence-electron chi connectivity index (χ0n) is 18.7. The minimum atomic E-state index is -0.967. The summed E-state index contributed by atoms with van der Waals surface area (Å²) in [6.07, 6.45) is 6.25. The average molecular weight is 470 g/mol. The van der Waals surface area contributed by atoms with Crippen LogP contribution >= 0.6 is 0 Å². The summed E-state index contributed by atoms with van der Waals surface area (Å²) in [5, 5.41) is 11.1. The second kappa shape index (κ2) is 10.0. The Kier molecular flexibility index (Phi) is 6.33. The molecule has 2 amide bonds. The number of pyridine rings is 1. The van der Waals surface area contributed by atoms with Gasteiger partial charge in [-0.2, -0.15) is 0 Å². The molecule has 0 saturated carbocycles. The molecule has 1 N–H and O–H groups in total. The average Bonchev–Trinajstić information content (AvgIpc) is 3.66. The van der Waals surface area contributed by atoms with Gasteiger partial charge in [0, 0.05) is 18.0 Å². The number of furan rings is 2. The van der Waals surface area contributed by atoms with E-state index in [9.17, 15) is 9.59 Å². The molecule has 4 aromatic heterocycles. The summed E-state index contributed by atoms with van der Waals surface area (Å²) in [7, 11) is 0. The second-order valence-electron chi connectivity index (χ2n) is 7.82. The second-order valence-corrected chi connectivity index (χ2v) is 7.82. The molecule has 0 aliphatic rings. The number of nitrogens with zero attached hydrogens (tertiary/aromatic N) is 5. The standard InChI is InChI=1S/C25H22N6O4/c32-23(17-31-22-10-2-1-9-21(22)28-29-31)30(16-20-8-5-13-35-20)24(18-6-3-11-26-14-18)25(33)27-15-19-7-4-12-34-19/h1-14,24H,15-17H2,(H,27,33)/t24-/m1/s1. The highest BCUT2D eigenvalue weighted by Crippen LogP contribution is 2.24. The Balaban J connectivity index is 1.48. The third-order valence-corrected chi connectivity index (χ3v) is 5.51. The van der Waals surface area contributed by atoms with Gasteiger partial charge in [-0.25, -0.2) is 4.68 Å². The largest absolute Gasteiger partial charge is 0.467 e. The molecule has 5 aromatic rings. The van der Waals surface area contributed by atoms with Crippen molar-refractivity contribution < 1.29 is 18.4 Å². The highest BCUT2D eigenvalue weighted by atomic mass is 16.3. The Labute approximate surface area is 200 Å². The molecule has 35 heavy (non-hydrogen) atoms. The molecule has 0 spiro atoms. The maximum absolute atomic E-state index is 13.7. The van der Waals surface area contributed by atoms with Crippen molar-refractivity contribution in [2.24, 2.45) is 0 Å². The van der Waals surface area contributed by atoms with E-state index in [2.05, 4.69) is 20.6 Å². The summed E-state index contributed by atoms with van der Waals surface area (Å²) >= 11 is 0. The van der Waals surface area contributed by atoms with Gasteiger partial charge in [0.05, 0.1) is 31.1 Å². The van der Waals surface area contributed by atoms with Crippen LogP contribution in [0.5, 0.6) is 0 Å². The first-order valence-electron chi connectivity index (χ1n) is 11.0. The zero-order chi connectivity index (χ0) is 24.0. The third-order valence-electron chi connectivity index (χ3n) is 5.51. The lowest BCUT2D eigenvalue weighted by atomic mass is 10.1. The molecule has 5 rings (SSSR count). The molecular formula is C25H22N6O4. The van der Waals surface area contributed by atoms with Crippen LogP contribution in [0.3, 0.4) is 0 Å². The Morgan fingerprint density at radius 1 is 0.971 bits per heavy atom. The van der Waals surface area contributed by atoms with Gasteiger partial charge in [0.25, 0.3) is 0 Å². The van der Waals surface area contributed by atoms with Gasteiger partial charge in [0.15, 0.2) is 0 Å². The van der Waals surface area contributed by atoms with Crippen LogP contribution in [0.1, 0.15) is 23.1 Å². The molecule has 1 atom stereocenters. The van der Waals surface area contributed by atoms with E-state index in [1.54, 1.807) is 48.8 Å². The topological polar surface area (TPSA) is 119 Å². The van der Waals surface area contributed by atoms with E-state index < -0.39 is 6.04 Å². The molecule has 0 saturated heterocycles. The van der Waals surface area contributed by atoms with Gasteiger partial charge >= 0.3 is 0 Å². The maximum atomic E-state index is 13.7. The van der Waals surface area contributed by atoms with Crippen molar-refractivity contribution in [3.8, 4) is 0 Å². The normalized spacial score (nSPS) is 11.9. The molecule has 176 valence electrons. The fraction of sp³-hybridized carbons (Fsp3) is 0.160. The lowest BCUT2D eigenvalue weighted by molar-refractivity contribution is -0.142. The molecule has 4 heterocycles. The zero-order valence-corrected chi connectivity index (χ0v) is 18.7. The van der Waals surface area contributed by atoms with Crippen molar-refractivity contribution in [2.45, 2.75) is 25.7 Å². The lowest BCUT2D eigenvalue weighted by Crippen LogP contribution is -2.44. The van der Waals surface area contributed by atoms with Crippen LogP contribution in [0.2, 0.25) is 0 Å². The van der Waals surface area contributed by atoms with Crippen molar-refractivity contribution in [1.29, 1.82) is 0 Å². The number of para-hydroxylation sites is 1. The summed E-state index contributed by atoms with van der Waals surface area (Å²) in [4.78, 5) is 32.8. The summed E-state index contributed by atoms with van der Waals surface area (Å²) in [6.45, 7) is 0.148. The number of amides is 2. The van der Waals surface area contributed by atoms with Crippen LogP contribution in [-0.2, 0) is 29.2 Å². The number of aromatic nitrogens is 4. The van der Waals surface area contributed by atoms with Gasteiger partial charge in [-0.3, -0.25) is 14.6 Å². The third kappa shape index (κ3) is 4.96. The Morgan fingerprint density at radius 2 is 1.77 bits per heavy atom. The Morgan fingerprint density at radius 3 is 2.51 bits per heavy atom. The highest BCUT2D eigenvalue weighted by Gasteiger charge is 2.33. The van der Waals surface area contributed by atoms with Crippen LogP contribution in [-0.4, -0.2) is 36.7 Å². The van der Waals surface area contributed by atoms with E-state index in [1.807, 2.05) is 24.3 Å². The number of fused-ring (bicyclic) bond motifs is 1. The van der Waals surface area contributed by atoms with Crippen molar-refractivity contribution in [1.82, 2.24) is 30.2 Å². The lowest BCUT2D eigenvalue weighted by Gasteiger charge is -2.30. The molecular weight excluding hydrogens is 448 g/mol. The van der Waals surface area contributed by atoms with Crippen LogP contribution < -0.4 is 5.32 Å². The molecule has 10 heteroatoms. The molecule has 0 radical (unpaired) electrons. The fourth-order valence-electron chi connectivity index (χ4n) is 3.84. The smallest absolute Gasteiger partial charge is 0.247 e. The van der Waals surface area contributed by atoms with Gasteiger partial charge in [0.2, 0.25) is 11.8 Å². The predicted octanol–water partition coefficient (Wildman–Crippen LogP) is 3.10. The van der Waals surface area contributed by atoms with E-state index in [4.69, 9.17) is 8.83 Å². The molecule has 0 bridgehead atoms. The first kappa shape index (κ1) is 22.1. The van der Waals surface area contributed by atoms with Gasteiger partial charge < -0.3 is 19.1 Å². The molecule has 1 aromatic carbocycles. The Hall–Kier alpha value is -4.73. The van der Waals surface area contributed by atoms with E-state index in [-0.39, 0.29) is 31.4 Å². The van der Waals surface area contributed by atoms with E-state index in [1.165, 1.54) is 22.1 Å². The first-order chi connectivity index (χ1) is 17.2. The number of rotatable bonds is 9. The summed E-state index contributed by atoms with van der Waals surface area (Å²) in [6, 6.07) is 16.9. The SMILES string of the molecule is O=C(NCc1ccco1)[C@@H](c1cccnc1)N(Cc1ccco1)C(=O)Cn1nnc2ccccc21. The fourth-order valence-corrected chi connectivity index (χ4v) is 3.84. The van der Waals surface area contributed by atoms with E-state index >= 15 is 0 Å². The maximum Gasteiger partial charge on any atom is 0.247 e. The number of nitrogens with one attached hydrogen (secondary N) is 1. The molecule has 0 fully saturated rings. The number of hydrogen-bond donors (Lipinski definition) is 1. The summed E-state index contributed by atoms with van der Waals surface area (Å²) < 4.78 is 12.4. The highest BCUT2D eigenvalue weighted by molar-refractivity contribution is 5.89. The number of carbonyl (C=O) groups excluding carboxylic acids is 2. The van der Waals surface area contributed by atoms with Crippen LogP contribution in [0, 0.1) is 0 Å². The monoisotopic (exact) mass is 470 g/mol. The summed E-state index contributed by atoms with van der Waals surface area (Å²) in [5.41, 5.74) is 1.96. The quantitative estimate of drug-likeness (QED) is 0.352. The van der Waals surface area contributed by atoms with Gasteiger partial charge in [0.1, 0.15) is 29.6 Å². The minimum absolute atomic E-state index is 0.0756. The van der Waals surface area contributed by atoms with Crippen LogP contribution in [0.15, 0.2) is 94.4 Å². The molecule has 10 nitrogen and oxygen atoms in total. The molecule has 0 aliphatic heterocycles. The molecule has 0 unspecified atom stereocenters. The number of carbonyl (C=O) groups is 2. The molecule has 0 aliphatic carbocycles. The van der Waals surface area contributed by atoms with Gasteiger partial charge in [-0.05, 0) is 42.5 Å². The van der Waals surface area contributed by atoms with Crippen molar-refractivity contribution >= 4 is 22.8 Å². The minimum Gasteiger partial charge on any atom is -0.467 e. The van der Waals surface area contributed by atoms with E-state index in [0.29, 0.717) is 22.6 Å². The Bertz CT molecular complexity index is 1400.